The number of carbonyl (C=O) groups is 2. The zero-order valence-electron chi connectivity index (χ0n) is 13.0. The molecule has 6 nitrogen and oxygen atoms in total. The number of nitriles is 1. The maximum absolute atomic E-state index is 14.1. The van der Waals surface area contributed by atoms with E-state index < -0.39 is 46.8 Å². The number of carbonyl (C=O) groups excluding carboxylic acids is 2. The molecule has 0 aromatic heterocycles. The first-order valence-corrected chi connectivity index (χ1v) is 7.07. The van der Waals surface area contributed by atoms with Crippen LogP contribution in [0.1, 0.15) is 26.2 Å². The fourth-order valence-electron chi connectivity index (χ4n) is 3.15. The van der Waals surface area contributed by atoms with Crippen molar-refractivity contribution in [3.8, 4) is 6.07 Å². The van der Waals surface area contributed by atoms with E-state index in [4.69, 9.17) is 10.5 Å². The second kappa shape index (κ2) is 5.85. The third kappa shape index (κ3) is 2.52. The quantitative estimate of drug-likeness (QED) is 0.770. The van der Waals surface area contributed by atoms with Crippen molar-refractivity contribution in [2.24, 2.45) is 17.1 Å². The van der Waals surface area contributed by atoms with Gasteiger partial charge in [-0.15, -0.1) is 0 Å². The number of nitrogens with two attached hydrogens (primary N) is 1. The summed E-state index contributed by atoms with van der Waals surface area (Å²) in [5, 5.41) is 9.22. The second-order valence-electron chi connectivity index (χ2n) is 5.84. The lowest BCUT2D eigenvalue weighted by Gasteiger charge is -2.42. The number of rotatable bonds is 2. The number of alkyl halides is 3. The molecule has 1 aliphatic carbocycles. The molecular weight excluding hydrogens is 329 g/mol. The number of methoxy groups -OCH3 is 1. The minimum atomic E-state index is -5.11. The number of esters is 1. The predicted octanol–water partition coefficient (Wildman–Crippen LogP) is 2.08. The lowest BCUT2D eigenvalue weighted by Crippen LogP contribution is -2.50. The van der Waals surface area contributed by atoms with E-state index in [2.05, 4.69) is 4.74 Å². The average molecular weight is 344 g/mol. The summed E-state index contributed by atoms with van der Waals surface area (Å²) in [6, 6.07) is 1.36. The summed E-state index contributed by atoms with van der Waals surface area (Å²) in [5.41, 5.74) is 0.649. The van der Waals surface area contributed by atoms with Crippen LogP contribution < -0.4 is 5.73 Å². The van der Waals surface area contributed by atoms with Gasteiger partial charge in [0.1, 0.15) is 22.8 Å². The van der Waals surface area contributed by atoms with Crippen LogP contribution in [-0.4, -0.2) is 25.0 Å². The third-order valence-corrected chi connectivity index (χ3v) is 4.19. The van der Waals surface area contributed by atoms with Crippen LogP contribution in [0, 0.1) is 22.7 Å². The standard InChI is InChI=1S/C15H15F3N2O4/c1-7-3-9(21)12-10(4-7)24-13(20)8(6-19)14(12,15(16,17)18)5-11(22)23-2/h7H,3-5,20H2,1-2H3/t7-,14+/m0/s1. The Bertz CT molecular complexity index is 702. The number of Topliss-reactive ketones (excluding diaryl/α,β-unsaturated/α-hetero) is 1. The molecule has 2 rings (SSSR count). The van der Waals surface area contributed by atoms with Crippen LogP contribution in [0.3, 0.4) is 0 Å². The number of hydrogen-bond acceptors (Lipinski definition) is 6. The molecule has 0 unspecified atom stereocenters. The van der Waals surface area contributed by atoms with Gasteiger partial charge in [-0.05, 0) is 5.92 Å². The fourth-order valence-corrected chi connectivity index (χ4v) is 3.15. The molecule has 130 valence electrons. The Morgan fingerprint density at radius 2 is 2.12 bits per heavy atom. The van der Waals surface area contributed by atoms with Crippen molar-refractivity contribution >= 4 is 11.8 Å². The van der Waals surface area contributed by atoms with Crippen LogP contribution in [-0.2, 0) is 19.1 Å². The topological polar surface area (TPSA) is 102 Å². The van der Waals surface area contributed by atoms with E-state index in [9.17, 15) is 28.0 Å². The molecule has 0 radical (unpaired) electrons. The van der Waals surface area contributed by atoms with E-state index >= 15 is 0 Å². The number of hydrogen-bond donors (Lipinski definition) is 1. The monoisotopic (exact) mass is 344 g/mol. The molecule has 2 N–H and O–H groups in total. The minimum absolute atomic E-state index is 0.0550. The van der Waals surface area contributed by atoms with Crippen molar-refractivity contribution in [3.63, 3.8) is 0 Å². The van der Waals surface area contributed by atoms with Crippen LogP contribution in [0.2, 0.25) is 0 Å². The lowest BCUT2D eigenvalue weighted by molar-refractivity contribution is -0.206. The van der Waals surface area contributed by atoms with Gasteiger partial charge in [0, 0.05) is 12.8 Å². The molecule has 0 bridgehead atoms. The SMILES string of the molecule is COC(=O)C[C@@]1(C(F)(F)F)C(C#N)=C(N)OC2=C1C(=O)C[C@H](C)C2. The Kier molecular flexibility index (Phi) is 4.35. The van der Waals surface area contributed by atoms with Crippen molar-refractivity contribution in [1.29, 1.82) is 5.26 Å². The second-order valence-corrected chi connectivity index (χ2v) is 5.84. The van der Waals surface area contributed by atoms with E-state index in [1.807, 2.05) is 0 Å². The van der Waals surface area contributed by atoms with Gasteiger partial charge < -0.3 is 15.2 Å². The maximum Gasteiger partial charge on any atom is 0.404 e. The van der Waals surface area contributed by atoms with E-state index in [1.165, 1.54) is 6.07 Å². The smallest absolute Gasteiger partial charge is 0.404 e. The first-order chi connectivity index (χ1) is 11.1. The van der Waals surface area contributed by atoms with Crippen LogP contribution >= 0.6 is 0 Å². The van der Waals surface area contributed by atoms with Crippen LogP contribution in [0.5, 0.6) is 0 Å². The molecule has 0 amide bonds. The van der Waals surface area contributed by atoms with Gasteiger partial charge in [-0.1, -0.05) is 6.92 Å². The molecular formula is C15H15F3N2O4. The molecule has 0 aromatic carbocycles. The van der Waals surface area contributed by atoms with Gasteiger partial charge >= 0.3 is 12.1 Å². The summed E-state index contributed by atoms with van der Waals surface area (Å²) < 4.78 is 51.7. The zero-order valence-corrected chi connectivity index (χ0v) is 13.0. The van der Waals surface area contributed by atoms with Gasteiger partial charge in [0.2, 0.25) is 5.88 Å². The molecule has 0 saturated heterocycles. The molecule has 2 aliphatic rings. The Hall–Kier alpha value is -2.50. The molecule has 9 heteroatoms. The molecule has 0 spiro atoms. The lowest BCUT2D eigenvalue weighted by atomic mass is 9.65. The molecule has 0 fully saturated rings. The van der Waals surface area contributed by atoms with Crippen molar-refractivity contribution in [2.75, 3.05) is 7.11 Å². The number of halogens is 3. The van der Waals surface area contributed by atoms with Gasteiger partial charge in [-0.2, -0.15) is 18.4 Å². The highest BCUT2D eigenvalue weighted by atomic mass is 19.4. The highest BCUT2D eigenvalue weighted by Crippen LogP contribution is 2.57. The predicted molar refractivity (Wildman–Crippen MR) is 73.5 cm³/mol. The average Bonchev–Trinajstić information content (AvgIpc) is 2.44. The first-order valence-electron chi connectivity index (χ1n) is 7.07. The highest BCUT2D eigenvalue weighted by Gasteiger charge is 2.66. The number of allylic oxidation sites excluding steroid dienone is 3. The Morgan fingerprint density at radius 3 is 2.62 bits per heavy atom. The Balaban J connectivity index is 2.81. The van der Waals surface area contributed by atoms with Crippen molar-refractivity contribution in [1.82, 2.24) is 0 Å². The third-order valence-electron chi connectivity index (χ3n) is 4.19. The van der Waals surface area contributed by atoms with E-state index in [-0.39, 0.29) is 24.5 Å². The number of ether oxygens (including phenoxy) is 2. The molecule has 24 heavy (non-hydrogen) atoms. The molecule has 1 aliphatic heterocycles. The summed E-state index contributed by atoms with van der Waals surface area (Å²) in [6.45, 7) is 1.68. The largest absolute Gasteiger partial charge is 0.469 e. The van der Waals surface area contributed by atoms with E-state index in [0.29, 0.717) is 0 Å². The molecule has 0 saturated carbocycles. The van der Waals surface area contributed by atoms with Gasteiger partial charge in [0.15, 0.2) is 5.78 Å². The molecule has 0 aromatic rings. The fraction of sp³-hybridized carbons (Fsp3) is 0.533. The molecule has 2 atom stereocenters. The summed E-state index contributed by atoms with van der Waals surface area (Å²) in [5.74, 6) is -3.26. The summed E-state index contributed by atoms with van der Waals surface area (Å²) in [7, 11) is 0.922. The Morgan fingerprint density at radius 1 is 1.50 bits per heavy atom. The summed E-state index contributed by atoms with van der Waals surface area (Å²) in [6.07, 6.45) is -6.45. The van der Waals surface area contributed by atoms with Crippen molar-refractivity contribution in [2.45, 2.75) is 32.4 Å². The van der Waals surface area contributed by atoms with E-state index in [0.717, 1.165) is 7.11 Å². The van der Waals surface area contributed by atoms with Crippen molar-refractivity contribution < 1.29 is 32.2 Å². The van der Waals surface area contributed by atoms with Crippen molar-refractivity contribution in [3.05, 3.63) is 22.8 Å². The van der Waals surface area contributed by atoms with Crippen LogP contribution in [0.15, 0.2) is 22.8 Å². The van der Waals surface area contributed by atoms with Crippen LogP contribution in [0.4, 0.5) is 13.2 Å². The van der Waals surface area contributed by atoms with Gasteiger partial charge in [0.25, 0.3) is 0 Å². The first kappa shape index (κ1) is 17.8. The molecule has 1 heterocycles. The highest BCUT2D eigenvalue weighted by molar-refractivity contribution is 6.00. The number of nitrogens with zero attached hydrogens (tertiary/aromatic N) is 1. The Labute approximate surface area is 135 Å². The summed E-state index contributed by atoms with van der Waals surface area (Å²) >= 11 is 0. The normalized spacial score (nSPS) is 27.3. The van der Waals surface area contributed by atoms with Gasteiger partial charge in [0.05, 0.1) is 19.1 Å². The van der Waals surface area contributed by atoms with Gasteiger partial charge in [-0.25, -0.2) is 0 Å². The number of ketones is 1. The zero-order chi connectivity index (χ0) is 18.3. The minimum Gasteiger partial charge on any atom is -0.469 e. The maximum atomic E-state index is 14.1. The van der Waals surface area contributed by atoms with Crippen LogP contribution in [0.25, 0.3) is 0 Å². The van der Waals surface area contributed by atoms with Gasteiger partial charge in [-0.3, -0.25) is 9.59 Å². The summed E-state index contributed by atoms with van der Waals surface area (Å²) in [4.78, 5) is 24.1. The van der Waals surface area contributed by atoms with E-state index in [1.54, 1.807) is 6.92 Å².